The first-order valence-corrected chi connectivity index (χ1v) is 15.3. The molecule has 216 valence electrons. The molecule has 0 spiro atoms. The topological polar surface area (TPSA) is 73.8 Å². The number of rotatable bonds is 14. The third-order valence-electron chi connectivity index (χ3n) is 8.83. The van der Waals surface area contributed by atoms with Crippen LogP contribution in [0.3, 0.4) is 0 Å². The summed E-state index contributed by atoms with van der Waals surface area (Å²) in [5.41, 5.74) is 1.28. The zero-order valence-corrected chi connectivity index (χ0v) is 25.0. The molecule has 38 heavy (non-hydrogen) atoms. The van der Waals surface area contributed by atoms with Gasteiger partial charge in [-0.25, -0.2) is 9.97 Å². The van der Waals surface area contributed by atoms with E-state index in [0.717, 1.165) is 77.2 Å². The molecule has 4 unspecified atom stereocenters. The standard InChI is InChI=1S/C30H54N6O2/c1-7-23(5)35-20-27(9-3)36(28(10-4)21-35)30-32-18-26(19-33-30)25-12-16-34(17-13-25)15-11-14-31-29(37)22-38-24(6)8-2/h18-19,23-25,27-28H,7-17,20-22H2,1-6H3,(H,31,37). The van der Waals surface area contributed by atoms with Gasteiger partial charge in [-0.2, -0.15) is 0 Å². The van der Waals surface area contributed by atoms with Gasteiger partial charge in [0, 0.05) is 50.2 Å². The molecular weight excluding hydrogens is 476 g/mol. The Bertz CT molecular complexity index is 799. The smallest absolute Gasteiger partial charge is 0.246 e. The maximum Gasteiger partial charge on any atom is 0.246 e. The third kappa shape index (κ3) is 8.62. The summed E-state index contributed by atoms with van der Waals surface area (Å²) in [6.45, 7) is 19.6. The van der Waals surface area contributed by atoms with E-state index in [9.17, 15) is 4.79 Å². The number of nitrogens with zero attached hydrogens (tertiary/aromatic N) is 5. The summed E-state index contributed by atoms with van der Waals surface area (Å²) < 4.78 is 5.50. The number of amides is 1. The number of hydrogen-bond acceptors (Lipinski definition) is 7. The second kappa shape index (κ2) is 15.7. The Morgan fingerprint density at radius 1 is 1.03 bits per heavy atom. The van der Waals surface area contributed by atoms with Gasteiger partial charge in [0.15, 0.2) is 0 Å². The number of nitrogens with one attached hydrogen (secondary N) is 1. The second-order valence-corrected chi connectivity index (χ2v) is 11.4. The number of hydrogen-bond donors (Lipinski definition) is 1. The normalized spacial score (nSPS) is 23.4. The summed E-state index contributed by atoms with van der Waals surface area (Å²) in [6, 6.07) is 1.56. The van der Waals surface area contributed by atoms with E-state index >= 15 is 0 Å². The van der Waals surface area contributed by atoms with Crippen molar-refractivity contribution in [2.75, 3.05) is 50.8 Å². The third-order valence-corrected chi connectivity index (χ3v) is 8.83. The van der Waals surface area contributed by atoms with Crippen LogP contribution < -0.4 is 10.2 Å². The van der Waals surface area contributed by atoms with Crippen LogP contribution in [0.4, 0.5) is 5.95 Å². The minimum atomic E-state index is -0.0135. The van der Waals surface area contributed by atoms with Gasteiger partial charge in [-0.05, 0) is 89.9 Å². The quantitative estimate of drug-likeness (QED) is 0.356. The zero-order valence-electron chi connectivity index (χ0n) is 25.0. The average Bonchev–Trinajstić information content (AvgIpc) is 2.97. The van der Waals surface area contributed by atoms with E-state index in [-0.39, 0.29) is 18.6 Å². The average molecular weight is 531 g/mol. The minimum absolute atomic E-state index is 0.0135. The van der Waals surface area contributed by atoms with E-state index in [1.54, 1.807) is 0 Å². The molecular formula is C30H54N6O2. The number of aromatic nitrogens is 2. The van der Waals surface area contributed by atoms with Crippen LogP contribution in [0.5, 0.6) is 0 Å². The molecule has 1 N–H and O–H groups in total. The predicted octanol–water partition coefficient (Wildman–Crippen LogP) is 4.46. The van der Waals surface area contributed by atoms with Gasteiger partial charge in [0.05, 0.1) is 6.10 Å². The molecule has 8 heteroatoms. The van der Waals surface area contributed by atoms with Gasteiger partial charge in [0.2, 0.25) is 11.9 Å². The van der Waals surface area contributed by atoms with E-state index in [1.165, 1.54) is 12.0 Å². The number of piperidine rings is 1. The van der Waals surface area contributed by atoms with Crippen molar-refractivity contribution < 1.29 is 9.53 Å². The van der Waals surface area contributed by atoms with Gasteiger partial charge in [-0.1, -0.05) is 27.7 Å². The van der Waals surface area contributed by atoms with Crippen LogP contribution in [0.2, 0.25) is 0 Å². The molecule has 3 rings (SSSR count). The fourth-order valence-electron chi connectivity index (χ4n) is 5.77. The maximum absolute atomic E-state index is 11.9. The molecule has 8 nitrogen and oxygen atoms in total. The summed E-state index contributed by atoms with van der Waals surface area (Å²) in [5.74, 6) is 1.43. The SMILES string of the molecule is CCC(C)OCC(=O)NCCCN1CCC(c2cnc(N3C(CC)CN(C(C)CC)CC3CC)nc2)CC1. The summed E-state index contributed by atoms with van der Waals surface area (Å²) in [4.78, 5) is 29.4. The number of likely N-dealkylation sites (tertiary alicyclic amines) is 1. The molecule has 0 aliphatic carbocycles. The molecule has 2 aliphatic rings. The molecule has 2 saturated heterocycles. The highest BCUT2D eigenvalue weighted by molar-refractivity contribution is 5.77. The molecule has 1 aromatic heterocycles. The van der Waals surface area contributed by atoms with Crippen molar-refractivity contribution in [3.05, 3.63) is 18.0 Å². The molecule has 4 atom stereocenters. The molecule has 2 fully saturated rings. The Labute approximate surface area is 231 Å². The first-order valence-electron chi connectivity index (χ1n) is 15.3. The first-order chi connectivity index (χ1) is 18.4. The van der Waals surface area contributed by atoms with Crippen molar-refractivity contribution >= 4 is 11.9 Å². The lowest BCUT2D eigenvalue weighted by Gasteiger charge is -2.48. The highest BCUT2D eigenvalue weighted by Crippen LogP contribution is 2.30. The summed E-state index contributed by atoms with van der Waals surface area (Å²) in [7, 11) is 0. The number of carbonyl (C=O) groups excluding carboxylic acids is 1. The van der Waals surface area contributed by atoms with Crippen molar-refractivity contribution in [2.45, 2.75) is 117 Å². The van der Waals surface area contributed by atoms with Crippen LogP contribution in [0, 0.1) is 0 Å². The van der Waals surface area contributed by atoms with Crippen molar-refractivity contribution in [3.8, 4) is 0 Å². The van der Waals surface area contributed by atoms with E-state index in [1.807, 2.05) is 6.92 Å². The van der Waals surface area contributed by atoms with Gasteiger partial charge in [0.1, 0.15) is 6.61 Å². The highest BCUT2D eigenvalue weighted by Gasteiger charge is 2.35. The van der Waals surface area contributed by atoms with Gasteiger partial charge < -0.3 is 19.9 Å². The molecule has 1 aromatic rings. The lowest BCUT2D eigenvalue weighted by Crippen LogP contribution is -2.60. The molecule has 2 aliphatic heterocycles. The minimum Gasteiger partial charge on any atom is -0.369 e. The van der Waals surface area contributed by atoms with E-state index < -0.39 is 0 Å². The number of ether oxygens (including phenoxy) is 1. The van der Waals surface area contributed by atoms with Crippen molar-refractivity contribution in [1.29, 1.82) is 0 Å². The van der Waals surface area contributed by atoms with Crippen LogP contribution in [0.1, 0.15) is 98.0 Å². The Kier molecular flexibility index (Phi) is 12.7. The molecule has 0 bridgehead atoms. The lowest BCUT2D eigenvalue weighted by atomic mass is 9.91. The summed E-state index contributed by atoms with van der Waals surface area (Å²) >= 11 is 0. The fourth-order valence-corrected chi connectivity index (χ4v) is 5.77. The fraction of sp³-hybridized carbons (Fsp3) is 0.833. The van der Waals surface area contributed by atoms with E-state index in [4.69, 9.17) is 14.7 Å². The largest absolute Gasteiger partial charge is 0.369 e. The molecule has 0 aromatic carbocycles. The van der Waals surface area contributed by atoms with Crippen LogP contribution >= 0.6 is 0 Å². The maximum atomic E-state index is 11.9. The Hall–Kier alpha value is -1.77. The molecule has 1 amide bonds. The van der Waals surface area contributed by atoms with E-state index in [2.05, 4.69) is 67.0 Å². The number of piperazine rings is 1. The van der Waals surface area contributed by atoms with Gasteiger partial charge >= 0.3 is 0 Å². The molecule has 0 radical (unpaired) electrons. The van der Waals surface area contributed by atoms with Crippen LogP contribution in [-0.2, 0) is 9.53 Å². The highest BCUT2D eigenvalue weighted by atomic mass is 16.5. The lowest BCUT2D eigenvalue weighted by molar-refractivity contribution is -0.127. The van der Waals surface area contributed by atoms with Gasteiger partial charge in [-0.15, -0.1) is 0 Å². The monoisotopic (exact) mass is 530 g/mol. The van der Waals surface area contributed by atoms with Crippen molar-refractivity contribution in [1.82, 2.24) is 25.1 Å². The van der Waals surface area contributed by atoms with Gasteiger partial charge in [0.25, 0.3) is 0 Å². The summed E-state index contributed by atoms with van der Waals surface area (Å²) in [5, 5.41) is 2.98. The molecule has 3 heterocycles. The second-order valence-electron chi connectivity index (χ2n) is 11.4. The van der Waals surface area contributed by atoms with Gasteiger partial charge in [-0.3, -0.25) is 9.69 Å². The number of anilines is 1. The Morgan fingerprint density at radius 3 is 2.21 bits per heavy atom. The van der Waals surface area contributed by atoms with Crippen molar-refractivity contribution in [2.24, 2.45) is 0 Å². The molecule has 0 saturated carbocycles. The predicted molar refractivity (Wildman–Crippen MR) is 156 cm³/mol. The Morgan fingerprint density at radius 2 is 1.66 bits per heavy atom. The van der Waals surface area contributed by atoms with Crippen molar-refractivity contribution in [3.63, 3.8) is 0 Å². The van der Waals surface area contributed by atoms with E-state index in [0.29, 0.717) is 30.6 Å². The number of carbonyl (C=O) groups is 1. The van der Waals surface area contributed by atoms with Crippen LogP contribution in [0.15, 0.2) is 12.4 Å². The zero-order chi connectivity index (χ0) is 27.5. The Balaban J connectivity index is 1.44. The van der Waals surface area contributed by atoms with Crippen LogP contribution in [0.25, 0.3) is 0 Å². The summed E-state index contributed by atoms with van der Waals surface area (Å²) in [6.07, 6.45) is 11.9. The first kappa shape index (κ1) is 30.8. The van der Waals surface area contributed by atoms with Crippen LogP contribution in [-0.4, -0.2) is 95.8 Å².